The fourth-order valence-electron chi connectivity index (χ4n) is 3.95. The first kappa shape index (κ1) is 19.6. The predicted molar refractivity (Wildman–Crippen MR) is 111 cm³/mol. The van der Waals surface area contributed by atoms with E-state index in [0.717, 1.165) is 12.1 Å². The third kappa shape index (κ3) is 4.83. The minimum Gasteiger partial charge on any atom is -0.378 e. The highest BCUT2D eigenvalue weighted by Gasteiger charge is 2.33. The van der Waals surface area contributed by atoms with Gasteiger partial charge < -0.3 is 15.0 Å². The third-order valence-electron chi connectivity index (χ3n) is 5.62. The number of carbonyl (C=O) groups is 2. The molecule has 6 nitrogen and oxygen atoms in total. The van der Waals surface area contributed by atoms with Gasteiger partial charge >= 0.3 is 0 Å². The van der Waals surface area contributed by atoms with Crippen molar-refractivity contribution >= 4 is 11.8 Å². The zero-order chi connectivity index (χ0) is 20.1. The maximum absolute atomic E-state index is 12.7. The Labute approximate surface area is 171 Å². The Kier molecular flexibility index (Phi) is 6.22. The Hall–Kier alpha value is -2.70. The molecule has 0 saturated carbocycles. The maximum atomic E-state index is 12.7. The molecule has 152 valence electrons. The number of morpholine rings is 1. The number of nitrogens with zero attached hydrogens (tertiary/aromatic N) is 2. The lowest BCUT2D eigenvalue weighted by molar-refractivity contribution is -0.141. The Morgan fingerprint density at radius 3 is 2.38 bits per heavy atom. The van der Waals surface area contributed by atoms with Gasteiger partial charge in [0.25, 0.3) is 0 Å². The van der Waals surface area contributed by atoms with Gasteiger partial charge in [0, 0.05) is 32.7 Å². The van der Waals surface area contributed by atoms with Gasteiger partial charge in [-0.3, -0.25) is 14.5 Å². The van der Waals surface area contributed by atoms with Gasteiger partial charge in [-0.05, 0) is 16.7 Å². The predicted octanol–water partition coefficient (Wildman–Crippen LogP) is 1.90. The van der Waals surface area contributed by atoms with Crippen molar-refractivity contribution in [1.82, 2.24) is 15.1 Å². The summed E-state index contributed by atoms with van der Waals surface area (Å²) < 4.78 is 5.32. The molecule has 2 amide bonds. The number of carbonyl (C=O) groups excluding carboxylic acids is 2. The van der Waals surface area contributed by atoms with Crippen molar-refractivity contribution in [2.45, 2.75) is 19.0 Å². The monoisotopic (exact) mass is 393 g/mol. The number of hydrogen-bond acceptors (Lipinski definition) is 4. The Bertz CT molecular complexity index is 832. The molecular weight excluding hydrogens is 366 g/mol. The summed E-state index contributed by atoms with van der Waals surface area (Å²) in [5.74, 6) is -0.0291. The maximum Gasteiger partial charge on any atom is 0.237 e. The molecule has 2 aromatic rings. The van der Waals surface area contributed by atoms with Crippen molar-refractivity contribution in [1.29, 1.82) is 0 Å². The van der Waals surface area contributed by atoms with Gasteiger partial charge in [0.05, 0.1) is 25.7 Å². The van der Waals surface area contributed by atoms with Gasteiger partial charge in [0.15, 0.2) is 0 Å². The van der Waals surface area contributed by atoms with E-state index < -0.39 is 6.04 Å². The van der Waals surface area contributed by atoms with Gasteiger partial charge in [-0.25, -0.2) is 0 Å². The first-order valence-electron chi connectivity index (χ1n) is 10.2. The van der Waals surface area contributed by atoms with Crippen molar-refractivity contribution in [2.24, 2.45) is 0 Å². The molecule has 6 heteroatoms. The molecule has 2 aliphatic heterocycles. The summed E-state index contributed by atoms with van der Waals surface area (Å²) in [5, 5.41) is 2.91. The minimum atomic E-state index is -0.423. The van der Waals surface area contributed by atoms with Crippen LogP contribution >= 0.6 is 0 Å². The number of hydrogen-bond donors (Lipinski definition) is 1. The van der Waals surface area contributed by atoms with E-state index in [4.69, 9.17) is 4.74 Å². The molecule has 4 rings (SSSR count). The molecular formula is C23H27N3O3. The number of ether oxygens (including phenoxy) is 1. The van der Waals surface area contributed by atoms with Crippen molar-refractivity contribution in [2.75, 3.05) is 39.4 Å². The molecule has 0 bridgehead atoms. The second kappa shape index (κ2) is 9.20. The number of piperazine rings is 1. The van der Waals surface area contributed by atoms with E-state index in [9.17, 15) is 9.59 Å². The first-order chi connectivity index (χ1) is 14.2. The standard InChI is InChI=1S/C23H27N3O3/c27-22(25-12-14-29-15-13-25)16-21-23(28)24-10-11-26(21)17-18-6-8-20(9-7-18)19-4-2-1-3-5-19/h1-9,21H,10-17H2,(H,24,28). The topological polar surface area (TPSA) is 61.9 Å². The zero-order valence-electron chi connectivity index (χ0n) is 16.5. The number of nitrogens with one attached hydrogen (secondary N) is 1. The SMILES string of the molecule is O=C1NCCN(Cc2ccc(-c3ccccc3)cc2)C1CC(=O)N1CCOCC1. The highest BCUT2D eigenvalue weighted by Crippen LogP contribution is 2.21. The summed E-state index contributed by atoms with van der Waals surface area (Å²) in [6, 6.07) is 18.3. The number of rotatable bonds is 5. The number of benzene rings is 2. The van der Waals surface area contributed by atoms with E-state index in [1.54, 1.807) is 4.90 Å². The Balaban J connectivity index is 1.43. The normalized spacial score (nSPS) is 20.3. The fraction of sp³-hybridized carbons (Fsp3) is 0.391. The Morgan fingerprint density at radius 1 is 0.966 bits per heavy atom. The van der Waals surface area contributed by atoms with Crippen LogP contribution in [0.2, 0.25) is 0 Å². The quantitative estimate of drug-likeness (QED) is 0.843. The minimum absolute atomic E-state index is 0.0276. The van der Waals surface area contributed by atoms with Crippen molar-refractivity contribution < 1.29 is 14.3 Å². The summed E-state index contributed by atoms with van der Waals surface area (Å²) >= 11 is 0. The van der Waals surface area contributed by atoms with E-state index in [1.807, 2.05) is 18.2 Å². The fourth-order valence-corrected chi connectivity index (χ4v) is 3.95. The van der Waals surface area contributed by atoms with Gasteiger partial charge in [-0.2, -0.15) is 0 Å². The average Bonchev–Trinajstić information content (AvgIpc) is 2.78. The van der Waals surface area contributed by atoms with Gasteiger partial charge in [0.2, 0.25) is 11.8 Å². The van der Waals surface area contributed by atoms with Crippen molar-refractivity contribution in [3.05, 3.63) is 60.2 Å². The van der Waals surface area contributed by atoms with Crippen LogP contribution in [0.3, 0.4) is 0 Å². The van der Waals surface area contributed by atoms with Crippen LogP contribution in [0.1, 0.15) is 12.0 Å². The van der Waals surface area contributed by atoms with Crippen molar-refractivity contribution in [3.8, 4) is 11.1 Å². The summed E-state index contributed by atoms with van der Waals surface area (Å²) in [6.45, 7) is 4.36. The lowest BCUT2D eigenvalue weighted by Crippen LogP contribution is -2.56. The molecule has 1 N–H and O–H groups in total. The molecule has 2 heterocycles. The highest BCUT2D eigenvalue weighted by atomic mass is 16.5. The van der Waals surface area contributed by atoms with Gasteiger partial charge in [-0.1, -0.05) is 54.6 Å². The largest absolute Gasteiger partial charge is 0.378 e. The van der Waals surface area contributed by atoms with E-state index in [2.05, 4.69) is 46.6 Å². The van der Waals surface area contributed by atoms with Crippen LogP contribution in [0, 0.1) is 0 Å². The second-order valence-electron chi connectivity index (χ2n) is 7.54. The Morgan fingerprint density at radius 2 is 1.66 bits per heavy atom. The van der Waals surface area contributed by atoms with Crippen LogP contribution in [-0.4, -0.2) is 67.0 Å². The number of amides is 2. The van der Waals surface area contributed by atoms with E-state index in [1.165, 1.54) is 11.1 Å². The van der Waals surface area contributed by atoms with Crippen LogP contribution < -0.4 is 5.32 Å². The average molecular weight is 393 g/mol. The summed E-state index contributed by atoms with van der Waals surface area (Å²) in [7, 11) is 0. The summed E-state index contributed by atoms with van der Waals surface area (Å²) in [6.07, 6.45) is 0.216. The molecule has 29 heavy (non-hydrogen) atoms. The van der Waals surface area contributed by atoms with E-state index >= 15 is 0 Å². The smallest absolute Gasteiger partial charge is 0.237 e. The second-order valence-corrected chi connectivity index (χ2v) is 7.54. The summed E-state index contributed by atoms with van der Waals surface area (Å²) in [5.41, 5.74) is 3.50. The molecule has 2 aliphatic rings. The van der Waals surface area contributed by atoms with Crippen LogP contribution in [0.5, 0.6) is 0 Å². The lowest BCUT2D eigenvalue weighted by atomic mass is 10.0. The van der Waals surface area contributed by atoms with Crippen LogP contribution in [0.25, 0.3) is 11.1 Å². The van der Waals surface area contributed by atoms with Crippen LogP contribution in [0.15, 0.2) is 54.6 Å². The molecule has 2 fully saturated rings. The van der Waals surface area contributed by atoms with E-state index in [-0.39, 0.29) is 18.2 Å². The molecule has 1 atom stereocenters. The van der Waals surface area contributed by atoms with Gasteiger partial charge in [0.1, 0.15) is 0 Å². The zero-order valence-corrected chi connectivity index (χ0v) is 16.5. The van der Waals surface area contributed by atoms with Gasteiger partial charge in [-0.15, -0.1) is 0 Å². The first-order valence-corrected chi connectivity index (χ1v) is 10.2. The molecule has 0 aliphatic carbocycles. The molecule has 0 spiro atoms. The van der Waals surface area contributed by atoms with Crippen molar-refractivity contribution in [3.63, 3.8) is 0 Å². The summed E-state index contributed by atoms with van der Waals surface area (Å²) in [4.78, 5) is 29.1. The molecule has 0 aromatic heterocycles. The van der Waals surface area contributed by atoms with E-state index in [0.29, 0.717) is 39.4 Å². The van der Waals surface area contributed by atoms with Crippen LogP contribution in [-0.2, 0) is 20.9 Å². The lowest BCUT2D eigenvalue weighted by Gasteiger charge is -2.36. The molecule has 2 aromatic carbocycles. The molecule has 0 radical (unpaired) electrons. The molecule has 2 saturated heterocycles. The third-order valence-corrected chi connectivity index (χ3v) is 5.62. The van der Waals surface area contributed by atoms with Crippen LogP contribution in [0.4, 0.5) is 0 Å². The molecule has 1 unspecified atom stereocenters. The highest BCUT2D eigenvalue weighted by molar-refractivity contribution is 5.88.